The van der Waals surface area contributed by atoms with Crippen LogP contribution in [0.15, 0.2) is 43.1 Å². The van der Waals surface area contributed by atoms with Crippen LogP contribution in [0.5, 0.6) is 0 Å². The molecule has 3 aromatic heterocycles. The molecule has 0 spiro atoms. The number of aryl methyl sites for hydroxylation is 1. The van der Waals surface area contributed by atoms with Gasteiger partial charge < -0.3 is 9.47 Å². The zero-order valence-electron chi connectivity index (χ0n) is 16.2. The molecule has 0 aliphatic carbocycles. The van der Waals surface area contributed by atoms with Gasteiger partial charge >= 0.3 is 0 Å². The molecule has 1 N–H and O–H groups in total. The van der Waals surface area contributed by atoms with Crippen molar-refractivity contribution in [3.05, 3.63) is 65.8 Å². The highest BCUT2D eigenvalue weighted by Crippen LogP contribution is 2.27. The van der Waals surface area contributed by atoms with Gasteiger partial charge in [0.25, 0.3) is 5.91 Å². The molecule has 1 aliphatic heterocycles. The summed E-state index contributed by atoms with van der Waals surface area (Å²) < 4.78 is 2.18. The Bertz CT molecular complexity index is 916. The molecule has 1 atom stereocenters. The van der Waals surface area contributed by atoms with Crippen molar-refractivity contribution < 1.29 is 4.79 Å². The summed E-state index contributed by atoms with van der Waals surface area (Å²) in [5, 5.41) is 7.07. The Hall–Kier alpha value is -2.96. The molecule has 0 aromatic carbocycles. The van der Waals surface area contributed by atoms with Crippen LogP contribution in [0, 0.1) is 0 Å². The quantitative estimate of drug-likeness (QED) is 0.715. The summed E-state index contributed by atoms with van der Waals surface area (Å²) in [5.41, 5.74) is 2.79. The van der Waals surface area contributed by atoms with Gasteiger partial charge in [0.05, 0.1) is 18.3 Å². The fourth-order valence-electron chi connectivity index (χ4n) is 3.98. The molecule has 146 valence electrons. The zero-order chi connectivity index (χ0) is 19.3. The van der Waals surface area contributed by atoms with E-state index in [1.807, 2.05) is 29.6 Å². The number of hydrogen-bond donors (Lipinski definition) is 1. The number of carbonyl (C=O) groups is 1. The highest BCUT2D eigenvalue weighted by atomic mass is 16.2. The number of nitrogens with one attached hydrogen (secondary N) is 1. The Balaban J connectivity index is 1.49. The van der Waals surface area contributed by atoms with Crippen LogP contribution in [0.3, 0.4) is 0 Å². The minimum atomic E-state index is 0.0762. The van der Waals surface area contributed by atoms with E-state index in [4.69, 9.17) is 0 Å². The zero-order valence-corrected chi connectivity index (χ0v) is 16.2. The van der Waals surface area contributed by atoms with Gasteiger partial charge in [0.15, 0.2) is 0 Å². The lowest BCUT2D eigenvalue weighted by molar-refractivity contribution is 0.0702. The maximum absolute atomic E-state index is 13.1. The van der Waals surface area contributed by atoms with E-state index >= 15 is 0 Å². The molecule has 1 saturated heterocycles. The number of likely N-dealkylation sites (tertiary alicyclic amines) is 1. The van der Waals surface area contributed by atoms with E-state index in [1.165, 1.54) is 0 Å². The van der Waals surface area contributed by atoms with Crippen molar-refractivity contribution in [3.63, 3.8) is 0 Å². The molecule has 0 unspecified atom stereocenters. The first-order valence-corrected chi connectivity index (χ1v) is 9.97. The van der Waals surface area contributed by atoms with Gasteiger partial charge in [-0.05, 0) is 30.9 Å². The Morgan fingerprint density at radius 2 is 2.25 bits per heavy atom. The lowest BCUT2D eigenvalue weighted by atomic mass is 9.96. The standard InChI is InChI=1S/C21H26N6O/c1-2-5-19-18(13-24-25-19)21(28)27-10-4-7-17(15-27)20-23-9-11-26(20)14-16-6-3-8-22-12-16/h3,6,8-9,11-13,17H,2,4-5,7,10,14-15H2,1H3,(H,24,25)/t17-/m0/s1. The first-order chi connectivity index (χ1) is 13.8. The highest BCUT2D eigenvalue weighted by Gasteiger charge is 2.29. The van der Waals surface area contributed by atoms with E-state index in [9.17, 15) is 4.79 Å². The van der Waals surface area contributed by atoms with Crippen molar-refractivity contribution >= 4 is 5.91 Å². The van der Waals surface area contributed by atoms with Crippen LogP contribution in [0.2, 0.25) is 0 Å². The minimum Gasteiger partial charge on any atom is -0.338 e. The Morgan fingerprint density at radius 1 is 1.32 bits per heavy atom. The first-order valence-electron chi connectivity index (χ1n) is 9.97. The van der Waals surface area contributed by atoms with Gasteiger partial charge in [-0.15, -0.1) is 0 Å². The fourth-order valence-corrected chi connectivity index (χ4v) is 3.98. The highest BCUT2D eigenvalue weighted by molar-refractivity contribution is 5.95. The van der Waals surface area contributed by atoms with Gasteiger partial charge in [-0.2, -0.15) is 5.10 Å². The number of hydrogen-bond acceptors (Lipinski definition) is 4. The van der Waals surface area contributed by atoms with E-state index in [0.29, 0.717) is 12.1 Å². The molecule has 28 heavy (non-hydrogen) atoms. The van der Waals surface area contributed by atoms with E-state index in [1.54, 1.807) is 12.4 Å². The maximum atomic E-state index is 13.1. The number of nitrogens with zero attached hydrogens (tertiary/aromatic N) is 5. The number of pyridine rings is 1. The summed E-state index contributed by atoms with van der Waals surface area (Å²) in [4.78, 5) is 23.9. The molecule has 4 heterocycles. The Kier molecular flexibility index (Phi) is 5.50. The second kappa shape index (κ2) is 8.37. The van der Waals surface area contributed by atoms with Crippen LogP contribution in [-0.2, 0) is 13.0 Å². The number of H-pyrrole nitrogens is 1. The van der Waals surface area contributed by atoms with E-state index in [0.717, 1.165) is 55.9 Å². The predicted octanol–water partition coefficient (Wildman–Crippen LogP) is 3.02. The monoisotopic (exact) mass is 378 g/mol. The lowest BCUT2D eigenvalue weighted by Gasteiger charge is -2.32. The maximum Gasteiger partial charge on any atom is 0.257 e. The average Bonchev–Trinajstić information content (AvgIpc) is 3.38. The number of carbonyl (C=O) groups excluding carboxylic acids is 1. The number of aromatic nitrogens is 5. The molecule has 1 aliphatic rings. The normalized spacial score (nSPS) is 17.0. The van der Waals surface area contributed by atoms with Crippen LogP contribution in [0.1, 0.15) is 59.5 Å². The summed E-state index contributed by atoms with van der Waals surface area (Å²) in [6, 6.07) is 4.02. The van der Waals surface area contributed by atoms with Crippen LogP contribution >= 0.6 is 0 Å². The third-order valence-corrected chi connectivity index (χ3v) is 5.35. The van der Waals surface area contributed by atoms with Crippen LogP contribution in [0.25, 0.3) is 0 Å². The van der Waals surface area contributed by atoms with Crippen LogP contribution in [0.4, 0.5) is 0 Å². The number of imidazole rings is 1. The van der Waals surface area contributed by atoms with Crippen molar-refractivity contribution in [2.24, 2.45) is 0 Å². The van der Waals surface area contributed by atoms with Gasteiger partial charge in [-0.25, -0.2) is 4.98 Å². The lowest BCUT2D eigenvalue weighted by Crippen LogP contribution is -2.40. The van der Waals surface area contributed by atoms with Crippen molar-refractivity contribution in [1.29, 1.82) is 0 Å². The molecule has 0 radical (unpaired) electrons. The van der Waals surface area contributed by atoms with Gasteiger partial charge in [0.2, 0.25) is 0 Å². The van der Waals surface area contributed by atoms with Gasteiger partial charge in [0, 0.05) is 49.5 Å². The molecule has 3 aromatic rings. The second-order valence-electron chi connectivity index (χ2n) is 7.38. The third kappa shape index (κ3) is 3.83. The molecule has 7 heteroatoms. The summed E-state index contributed by atoms with van der Waals surface area (Å²) in [5.74, 6) is 1.36. The first kappa shape index (κ1) is 18.4. The van der Waals surface area contributed by atoms with E-state index in [-0.39, 0.29) is 11.8 Å². The third-order valence-electron chi connectivity index (χ3n) is 5.35. The molecule has 7 nitrogen and oxygen atoms in total. The largest absolute Gasteiger partial charge is 0.338 e. The van der Waals surface area contributed by atoms with E-state index in [2.05, 4.69) is 37.7 Å². The second-order valence-corrected chi connectivity index (χ2v) is 7.38. The molecular weight excluding hydrogens is 352 g/mol. The van der Waals surface area contributed by atoms with Crippen molar-refractivity contribution in [1.82, 2.24) is 29.6 Å². The minimum absolute atomic E-state index is 0.0762. The van der Waals surface area contributed by atoms with Crippen molar-refractivity contribution in [2.75, 3.05) is 13.1 Å². The van der Waals surface area contributed by atoms with Gasteiger partial charge in [0.1, 0.15) is 5.82 Å². The Labute approximate surface area is 164 Å². The molecule has 1 fully saturated rings. The van der Waals surface area contributed by atoms with Crippen molar-refractivity contribution in [2.45, 2.75) is 45.1 Å². The average molecular weight is 378 g/mol. The van der Waals surface area contributed by atoms with Gasteiger partial charge in [-0.1, -0.05) is 19.4 Å². The van der Waals surface area contributed by atoms with E-state index < -0.39 is 0 Å². The number of aromatic amines is 1. The molecule has 4 rings (SSSR count). The van der Waals surface area contributed by atoms with Crippen LogP contribution < -0.4 is 0 Å². The summed E-state index contributed by atoms with van der Waals surface area (Å²) in [6.07, 6.45) is 13.0. The molecule has 0 saturated carbocycles. The van der Waals surface area contributed by atoms with Gasteiger partial charge in [-0.3, -0.25) is 14.9 Å². The van der Waals surface area contributed by atoms with Crippen molar-refractivity contribution in [3.8, 4) is 0 Å². The Morgan fingerprint density at radius 3 is 3.07 bits per heavy atom. The summed E-state index contributed by atoms with van der Waals surface area (Å²) in [6.45, 7) is 4.33. The number of rotatable bonds is 6. The predicted molar refractivity (Wildman–Crippen MR) is 106 cm³/mol. The molecule has 0 bridgehead atoms. The SMILES string of the molecule is CCCc1[nH]ncc1C(=O)N1CCC[C@H](c2nccn2Cc2cccnc2)C1. The topological polar surface area (TPSA) is 79.7 Å². The number of piperidine rings is 1. The molecular formula is C21H26N6O. The smallest absolute Gasteiger partial charge is 0.257 e. The van der Waals surface area contributed by atoms with Crippen LogP contribution in [-0.4, -0.2) is 48.6 Å². The summed E-state index contributed by atoms with van der Waals surface area (Å²) in [7, 11) is 0. The fraction of sp³-hybridized carbons (Fsp3) is 0.429. The summed E-state index contributed by atoms with van der Waals surface area (Å²) >= 11 is 0. The number of amides is 1. The molecule has 1 amide bonds.